The van der Waals surface area contributed by atoms with Crippen LogP contribution in [0.2, 0.25) is 0 Å². The van der Waals surface area contributed by atoms with Gasteiger partial charge in [-0.2, -0.15) is 0 Å². The molecule has 8 heteroatoms. The highest BCUT2D eigenvalue weighted by molar-refractivity contribution is 8.01. The molecule has 2 amide bonds. The molecule has 3 rings (SSSR count). The lowest BCUT2D eigenvalue weighted by molar-refractivity contribution is -0.119. The topological polar surface area (TPSA) is 97.4 Å². The van der Waals surface area contributed by atoms with E-state index in [4.69, 9.17) is 8.94 Å². The molecule has 0 radical (unpaired) electrons. The van der Waals surface area contributed by atoms with Crippen LogP contribution in [0.5, 0.6) is 0 Å². The summed E-state index contributed by atoms with van der Waals surface area (Å²) in [4.78, 5) is 24.3. The number of rotatable bonds is 7. The second-order valence-corrected chi connectivity index (χ2v) is 7.57. The van der Waals surface area contributed by atoms with Crippen LogP contribution in [0.4, 0.5) is 5.82 Å². The molecule has 1 aromatic carbocycles. The molecule has 0 aliphatic rings. The third kappa shape index (κ3) is 4.91. The van der Waals surface area contributed by atoms with Crippen LogP contribution in [0.3, 0.4) is 0 Å². The first kappa shape index (κ1) is 19.0. The largest absolute Gasteiger partial charge is 0.459 e. The van der Waals surface area contributed by atoms with Crippen LogP contribution in [0.15, 0.2) is 45.3 Å². The number of anilines is 1. The van der Waals surface area contributed by atoms with Crippen molar-refractivity contribution in [3.05, 3.63) is 47.9 Å². The third-order valence-electron chi connectivity index (χ3n) is 3.96. The summed E-state index contributed by atoms with van der Waals surface area (Å²) in [7, 11) is 0. The van der Waals surface area contributed by atoms with Crippen molar-refractivity contribution in [1.29, 1.82) is 0 Å². The quantitative estimate of drug-likeness (QED) is 0.642. The van der Waals surface area contributed by atoms with E-state index in [1.807, 2.05) is 37.3 Å². The molecule has 0 aliphatic carbocycles. The Morgan fingerprint density at radius 3 is 2.70 bits per heavy atom. The van der Waals surface area contributed by atoms with E-state index in [1.54, 1.807) is 19.9 Å². The zero-order valence-electron chi connectivity index (χ0n) is 15.3. The van der Waals surface area contributed by atoms with Crippen molar-refractivity contribution in [3.63, 3.8) is 0 Å². The van der Waals surface area contributed by atoms with Gasteiger partial charge in [0.2, 0.25) is 11.8 Å². The summed E-state index contributed by atoms with van der Waals surface area (Å²) < 4.78 is 10.7. The lowest BCUT2D eigenvalue weighted by atomic mass is 10.2. The first-order valence-corrected chi connectivity index (χ1v) is 9.61. The Bertz CT molecular complexity index is 916. The number of fused-ring (bicyclic) bond motifs is 1. The maximum absolute atomic E-state index is 12.2. The number of amides is 2. The molecule has 2 unspecified atom stereocenters. The van der Waals surface area contributed by atoms with Crippen LogP contribution in [-0.2, 0) is 9.59 Å². The number of furan rings is 1. The maximum Gasteiger partial charge on any atom is 0.238 e. The average molecular weight is 387 g/mol. The predicted octanol–water partition coefficient (Wildman–Crippen LogP) is 3.67. The van der Waals surface area contributed by atoms with Crippen molar-refractivity contribution in [1.82, 2.24) is 10.5 Å². The molecule has 2 heterocycles. The van der Waals surface area contributed by atoms with Crippen LogP contribution in [0.1, 0.15) is 31.4 Å². The highest BCUT2D eigenvalue weighted by Gasteiger charge is 2.19. The van der Waals surface area contributed by atoms with E-state index in [-0.39, 0.29) is 23.6 Å². The second-order valence-electron chi connectivity index (χ2n) is 6.24. The van der Waals surface area contributed by atoms with Gasteiger partial charge >= 0.3 is 0 Å². The van der Waals surface area contributed by atoms with Crippen molar-refractivity contribution in [2.24, 2.45) is 0 Å². The molecule has 142 valence electrons. The van der Waals surface area contributed by atoms with Gasteiger partial charge < -0.3 is 19.6 Å². The van der Waals surface area contributed by atoms with Gasteiger partial charge in [-0.25, -0.2) is 0 Å². The Morgan fingerprint density at radius 1 is 1.22 bits per heavy atom. The monoisotopic (exact) mass is 387 g/mol. The van der Waals surface area contributed by atoms with E-state index in [2.05, 4.69) is 15.8 Å². The lowest BCUT2D eigenvalue weighted by Crippen LogP contribution is -2.30. The first-order chi connectivity index (χ1) is 12.9. The molecule has 0 saturated heterocycles. The van der Waals surface area contributed by atoms with Gasteiger partial charge in [-0.1, -0.05) is 23.4 Å². The number of hydrogen-bond donors (Lipinski definition) is 2. The number of para-hydroxylation sites is 1. The molecule has 0 spiro atoms. The number of nitrogens with one attached hydrogen (secondary N) is 2. The standard InChI is InChI=1S/C19H21N3O4S/c1-11-8-17(22-26-11)21-19(24)13(3)27-10-18(23)20-12(2)16-9-14-6-4-5-7-15(14)25-16/h4-9,12-13H,10H2,1-3H3,(H,20,23)(H,21,22,24). The van der Waals surface area contributed by atoms with Crippen molar-refractivity contribution < 1.29 is 18.5 Å². The Labute approximate surface area is 160 Å². The summed E-state index contributed by atoms with van der Waals surface area (Å²) in [6, 6.07) is 11.0. The smallest absolute Gasteiger partial charge is 0.238 e. The number of carbonyl (C=O) groups excluding carboxylic acids is 2. The predicted molar refractivity (Wildman–Crippen MR) is 105 cm³/mol. The number of benzene rings is 1. The van der Waals surface area contributed by atoms with Gasteiger partial charge in [0.1, 0.15) is 17.1 Å². The van der Waals surface area contributed by atoms with Gasteiger partial charge in [-0.3, -0.25) is 9.59 Å². The number of aromatic nitrogens is 1. The van der Waals surface area contributed by atoms with Crippen LogP contribution in [0, 0.1) is 6.92 Å². The molecular weight excluding hydrogens is 366 g/mol. The fraction of sp³-hybridized carbons (Fsp3) is 0.316. The molecule has 0 aliphatic heterocycles. The second kappa shape index (κ2) is 8.30. The molecule has 7 nitrogen and oxygen atoms in total. The van der Waals surface area contributed by atoms with Crippen molar-refractivity contribution in [3.8, 4) is 0 Å². The van der Waals surface area contributed by atoms with Crippen LogP contribution < -0.4 is 10.6 Å². The summed E-state index contributed by atoms with van der Waals surface area (Å²) in [5.41, 5.74) is 0.788. The molecular formula is C19H21N3O4S. The SMILES string of the molecule is Cc1cc(NC(=O)C(C)SCC(=O)NC(C)c2cc3ccccc3o2)no1. The fourth-order valence-corrected chi connectivity index (χ4v) is 3.19. The summed E-state index contributed by atoms with van der Waals surface area (Å²) in [6.07, 6.45) is 0. The fourth-order valence-electron chi connectivity index (χ4n) is 2.50. The van der Waals surface area contributed by atoms with E-state index >= 15 is 0 Å². The highest BCUT2D eigenvalue weighted by Crippen LogP contribution is 2.23. The summed E-state index contributed by atoms with van der Waals surface area (Å²) >= 11 is 1.25. The number of carbonyl (C=O) groups is 2. The lowest BCUT2D eigenvalue weighted by Gasteiger charge is -2.13. The molecule has 0 fully saturated rings. The summed E-state index contributed by atoms with van der Waals surface area (Å²) in [6.45, 7) is 5.35. The van der Waals surface area contributed by atoms with Gasteiger partial charge in [0, 0.05) is 11.5 Å². The van der Waals surface area contributed by atoms with Gasteiger partial charge in [-0.15, -0.1) is 11.8 Å². The summed E-state index contributed by atoms with van der Waals surface area (Å²) in [5.74, 6) is 1.45. The molecule has 0 bridgehead atoms. The minimum absolute atomic E-state index is 0.162. The molecule has 27 heavy (non-hydrogen) atoms. The van der Waals surface area contributed by atoms with E-state index in [0.717, 1.165) is 11.0 Å². The minimum atomic E-state index is -0.408. The zero-order valence-corrected chi connectivity index (χ0v) is 16.1. The molecule has 3 aromatic rings. The number of hydrogen-bond acceptors (Lipinski definition) is 6. The maximum atomic E-state index is 12.2. The molecule has 2 N–H and O–H groups in total. The van der Waals surface area contributed by atoms with E-state index in [9.17, 15) is 9.59 Å². The zero-order chi connectivity index (χ0) is 19.4. The Morgan fingerprint density at radius 2 is 2.00 bits per heavy atom. The Kier molecular flexibility index (Phi) is 5.85. The Hall–Kier alpha value is -2.74. The normalized spacial score (nSPS) is 13.3. The van der Waals surface area contributed by atoms with Crippen LogP contribution >= 0.6 is 11.8 Å². The molecule has 2 atom stereocenters. The van der Waals surface area contributed by atoms with Crippen LogP contribution in [-0.4, -0.2) is 28.0 Å². The van der Waals surface area contributed by atoms with E-state index in [0.29, 0.717) is 17.3 Å². The van der Waals surface area contributed by atoms with E-state index < -0.39 is 5.25 Å². The third-order valence-corrected chi connectivity index (χ3v) is 5.10. The number of thioether (sulfide) groups is 1. The van der Waals surface area contributed by atoms with Gasteiger partial charge in [0.05, 0.1) is 17.0 Å². The molecule has 2 aromatic heterocycles. The van der Waals surface area contributed by atoms with Gasteiger partial charge in [0.25, 0.3) is 0 Å². The number of nitrogens with zero attached hydrogens (tertiary/aromatic N) is 1. The summed E-state index contributed by atoms with van der Waals surface area (Å²) in [5, 5.41) is 9.86. The Balaban J connectivity index is 1.47. The van der Waals surface area contributed by atoms with Gasteiger partial charge in [-0.05, 0) is 32.9 Å². The van der Waals surface area contributed by atoms with Crippen molar-refractivity contribution in [2.75, 3.05) is 11.1 Å². The van der Waals surface area contributed by atoms with Crippen molar-refractivity contribution >= 4 is 40.4 Å². The van der Waals surface area contributed by atoms with E-state index in [1.165, 1.54) is 11.8 Å². The minimum Gasteiger partial charge on any atom is -0.459 e. The van der Waals surface area contributed by atoms with Gasteiger partial charge in [0.15, 0.2) is 5.82 Å². The number of aryl methyl sites for hydroxylation is 1. The highest BCUT2D eigenvalue weighted by atomic mass is 32.2. The average Bonchev–Trinajstić information content (AvgIpc) is 3.25. The van der Waals surface area contributed by atoms with Crippen LogP contribution in [0.25, 0.3) is 11.0 Å². The first-order valence-electron chi connectivity index (χ1n) is 8.56. The molecule has 0 saturated carbocycles. The van der Waals surface area contributed by atoms with Crippen molar-refractivity contribution in [2.45, 2.75) is 32.1 Å².